The summed E-state index contributed by atoms with van der Waals surface area (Å²) in [5, 5.41) is 12.6. The standard InChI is InChI=1S/C26H23F2N3O3/c27-19-13-16-7-4-8-22-30(17-9-10-17)26(34)24-25(33)21(32)11-12-29(24)31(22)23(18(16)14-20(19)28)15-5-2-1-3-6-15/h1-3,5-6,11-14,17,22-23,33H,4,7-10H2/t22-,23+/m0/s1. The summed E-state index contributed by atoms with van der Waals surface area (Å²) in [6, 6.07) is 12.6. The van der Waals surface area contributed by atoms with Crippen LogP contribution in [0, 0.1) is 11.6 Å². The van der Waals surface area contributed by atoms with Gasteiger partial charge in [0.15, 0.2) is 23.1 Å². The van der Waals surface area contributed by atoms with Crippen molar-refractivity contribution in [3.05, 3.63) is 99.0 Å². The second kappa shape index (κ2) is 7.68. The van der Waals surface area contributed by atoms with Crippen LogP contribution in [0.2, 0.25) is 0 Å². The van der Waals surface area contributed by atoms with Crippen molar-refractivity contribution in [2.75, 3.05) is 5.01 Å². The van der Waals surface area contributed by atoms with E-state index < -0.39 is 28.9 Å². The van der Waals surface area contributed by atoms with Gasteiger partial charge in [0.25, 0.3) is 5.91 Å². The summed E-state index contributed by atoms with van der Waals surface area (Å²) in [6.45, 7) is 0. The van der Waals surface area contributed by atoms with Gasteiger partial charge in [0.2, 0.25) is 5.43 Å². The van der Waals surface area contributed by atoms with Crippen LogP contribution >= 0.6 is 0 Å². The van der Waals surface area contributed by atoms with Gasteiger partial charge in [-0.25, -0.2) is 8.78 Å². The quantitative estimate of drug-likeness (QED) is 0.627. The molecule has 1 fully saturated rings. The number of hydrogen-bond acceptors (Lipinski definition) is 4. The van der Waals surface area contributed by atoms with E-state index in [1.165, 1.54) is 29.1 Å². The number of carbonyl (C=O) groups is 1. The van der Waals surface area contributed by atoms with Gasteiger partial charge >= 0.3 is 0 Å². The second-order valence-corrected chi connectivity index (χ2v) is 9.20. The number of pyridine rings is 1. The number of nitrogens with zero attached hydrogens (tertiary/aromatic N) is 3. The Balaban J connectivity index is 1.67. The van der Waals surface area contributed by atoms with E-state index in [1.807, 2.05) is 35.3 Å². The monoisotopic (exact) mass is 463 g/mol. The molecule has 1 amide bonds. The summed E-state index contributed by atoms with van der Waals surface area (Å²) < 4.78 is 30.4. The van der Waals surface area contributed by atoms with E-state index >= 15 is 0 Å². The van der Waals surface area contributed by atoms with Crippen molar-refractivity contribution in [2.24, 2.45) is 0 Å². The molecule has 6 rings (SSSR count). The maximum absolute atomic E-state index is 14.6. The van der Waals surface area contributed by atoms with E-state index in [0.29, 0.717) is 30.4 Å². The van der Waals surface area contributed by atoms with E-state index in [0.717, 1.165) is 18.4 Å². The molecule has 6 nitrogen and oxygen atoms in total. The lowest BCUT2D eigenvalue weighted by atomic mass is 9.88. The lowest BCUT2D eigenvalue weighted by molar-refractivity contribution is 0.0505. The van der Waals surface area contributed by atoms with Crippen LogP contribution in [0.15, 0.2) is 59.5 Å². The highest BCUT2D eigenvalue weighted by molar-refractivity contribution is 5.97. The fraction of sp³-hybridized carbons (Fsp3) is 0.308. The van der Waals surface area contributed by atoms with Gasteiger partial charge in [0, 0.05) is 18.3 Å². The first-order valence-corrected chi connectivity index (χ1v) is 11.5. The summed E-state index contributed by atoms with van der Waals surface area (Å²) >= 11 is 0. The molecular weight excluding hydrogens is 440 g/mol. The molecule has 2 atom stereocenters. The predicted molar refractivity (Wildman–Crippen MR) is 121 cm³/mol. The van der Waals surface area contributed by atoms with Crippen molar-refractivity contribution in [2.45, 2.75) is 50.4 Å². The zero-order valence-electron chi connectivity index (χ0n) is 18.3. The van der Waals surface area contributed by atoms with Crippen LogP contribution in [0.4, 0.5) is 8.78 Å². The molecule has 1 N–H and O–H groups in total. The van der Waals surface area contributed by atoms with Crippen LogP contribution in [0.3, 0.4) is 0 Å². The third-order valence-corrected chi connectivity index (χ3v) is 7.07. The zero-order chi connectivity index (χ0) is 23.6. The Labute approximate surface area is 194 Å². The van der Waals surface area contributed by atoms with Gasteiger partial charge in [-0.3, -0.25) is 19.3 Å². The van der Waals surface area contributed by atoms with Gasteiger partial charge < -0.3 is 10.0 Å². The highest BCUT2D eigenvalue weighted by atomic mass is 19.2. The first kappa shape index (κ1) is 20.9. The van der Waals surface area contributed by atoms with E-state index in [-0.39, 0.29) is 23.8 Å². The van der Waals surface area contributed by atoms with Crippen molar-refractivity contribution in [1.82, 2.24) is 9.58 Å². The van der Waals surface area contributed by atoms with Crippen molar-refractivity contribution in [3.8, 4) is 5.75 Å². The molecule has 34 heavy (non-hydrogen) atoms. The molecule has 3 aliphatic rings. The van der Waals surface area contributed by atoms with E-state index in [9.17, 15) is 23.5 Å². The van der Waals surface area contributed by atoms with Gasteiger partial charge in [0.05, 0.1) is 6.04 Å². The van der Waals surface area contributed by atoms with Crippen molar-refractivity contribution in [3.63, 3.8) is 0 Å². The summed E-state index contributed by atoms with van der Waals surface area (Å²) in [5.41, 5.74) is 1.40. The highest BCUT2D eigenvalue weighted by Crippen LogP contribution is 2.43. The topological polar surface area (TPSA) is 65.8 Å². The van der Waals surface area contributed by atoms with Gasteiger partial charge in [-0.2, -0.15) is 0 Å². The minimum absolute atomic E-state index is 0.0173. The molecule has 0 spiro atoms. The largest absolute Gasteiger partial charge is 0.502 e. The summed E-state index contributed by atoms with van der Waals surface area (Å²) in [7, 11) is 0. The Hall–Kier alpha value is -3.68. The second-order valence-electron chi connectivity index (χ2n) is 9.20. The van der Waals surface area contributed by atoms with Crippen molar-refractivity contribution >= 4 is 5.91 Å². The summed E-state index contributed by atoms with van der Waals surface area (Å²) in [4.78, 5) is 27.7. The number of amides is 1. The number of aromatic nitrogens is 1. The predicted octanol–water partition coefficient (Wildman–Crippen LogP) is 3.84. The van der Waals surface area contributed by atoms with Gasteiger partial charge in [0.1, 0.15) is 6.17 Å². The highest BCUT2D eigenvalue weighted by Gasteiger charge is 2.49. The number of hydrogen-bond donors (Lipinski definition) is 1. The van der Waals surface area contributed by atoms with Gasteiger partial charge in [-0.05, 0) is 60.9 Å². The van der Waals surface area contributed by atoms with E-state index in [1.54, 1.807) is 4.90 Å². The minimum atomic E-state index is -0.938. The molecule has 0 saturated heterocycles. The SMILES string of the molecule is O=C1c2c(O)c(=O)ccn2N2[C@H](c3ccccc3)c3cc(F)c(F)cc3CCC[C@H]2N1C1CC1. The number of aryl methyl sites for hydroxylation is 1. The molecule has 2 aromatic carbocycles. The van der Waals surface area contributed by atoms with Crippen LogP contribution in [0.1, 0.15) is 58.9 Å². The number of halogens is 2. The molecule has 3 heterocycles. The van der Waals surface area contributed by atoms with Gasteiger partial charge in [-0.1, -0.05) is 30.3 Å². The number of rotatable bonds is 2. The normalized spacial score (nSPS) is 21.9. The van der Waals surface area contributed by atoms with Crippen molar-refractivity contribution < 1.29 is 18.7 Å². The average molecular weight is 463 g/mol. The van der Waals surface area contributed by atoms with Gasteiger partial charge in [-0.15, -0.1) is 0 Å². The third kappa shape index (κ3) is 3.12. The van der Waals surface area contributed by atoms with Crippen LogP contribution in [0.5, 0.6) is 5.75 Å². The zero-order valence-corrected chi connectivity index (χ0v) is 18.3. The number of aromatic hydroxyl groups is 1. The summed E-state index contributed by atoms with van der Waals surface area (Å²) in [5.74, 6) is -2.81. The average Bonchev–Trinajstić information content (AvgIpc) is 3.65. The minimum Gasteiger partial charge on any atom is -0.502 e. The third-order valence-electron chi connectivity index (χ3n) is 7.07. The Bertz CT molecular complexity index is 1350. The molecule has 3 aromatic rings. The first-order valence-electron chi connectivity index (χ1n) is 11.5. The molecule has 1 aliphatic carbocycles. The van der Waals surface area contributed by atoms with Crippen LogP contribution in [-0.2, 0) is 6.42 Å². The molecular formula is C26H23F2N3O3. The Morgan fingerprint density at radius 1 is 0.941 bits per heavy atom. The Morgan fingerprint density at radius 3 is 2.41 bits per heavy atom. The van der Waals surface area contributed by atoms with Crippen LogP contribution in [-0.4, -0.2) is 32.8 Å². The molecule has 8 heteroatoms. The van der Waals surface area contributed by atoms with E-state index in [4.69, 9.17) is 0 Å². The van der Waals surface area contributed by atoms with Crippen LogP contribution in [0.25, 0.3) is 0 Å². The fourth-order valence-electron chi connectivity index (χ4n) is 5.43. The molecule has 2 aliphatic heterocycles. The molecule has 0 bridgehead atoms. The lowest BCUT2D eigenvalue weighted by Gasteiger charge is -2.51. The lowest BCUT2D eigenvalue weighted by Crippen LogP contribution is -2.63. The molecule has 0 unspecified atom stereocenters. The molecule has 174 valence electrons. The van der Waals surface area contributed by atoms with E-state index in [2.05, 4.69) is 0 Å². The Morgan fingerprint density at radius 2 is 1.68 bits per heavy atom. The number of benzene rings is 2. The smallest absolute Gasteiger partial charge is 0.278 e. The number of carbonyl (C=O) groups excluding carboxylic acids is 1. The fourth-order valence-corrected chi connectivity index (χ4v) is 5.43. The number of fused-ring (bicyclic) bond motifs is 4. The maximum atomic E-state index is 14.6. The van der Waals surface area contributed by atoms with Crippen molar-refractivity contribution in [1.29, 1.82) is 0 Å². The molecule has 1 aromatic heterocycles. The van der Waals surface area contributed by atoms with Crippen LogP contribution < -0.4 is 10.4 Å². The maximum Gasteiger partial charge on any atom is 0.278 e. The first-order chi connectivity index (χ1) is 16.5. The summed E-state index contributed by atoms with van der Waals surface area (Å²) in [6.07, 6.45) is 4.63. The molecule has 1 saturated carbocycles. The molecule has 0 radical (unpaired) electrons. The Kier molecular flexibility index (Phi) is 4.72.